The van der Waals surface area contributed by atoms with Crippen LogP contribution in [-0.4, -0.2) is 58.9 Å². The van der Waals surface area contributed by atoms with Gasteiger partial charge >= 0.3 is 5.97 Å². The minimum atomic E-state index is -1.20. The molecule has 0 bridgehead atoms. The molecule has 36 heavy (non-hydrogen) atoms. The number of benzene rings is 1. The molecule has 0 saturated carbocycles. The minimum Gasteiger partial charge on any atom is -0.480 e. The smallest absolute Gasteiger partial charge is 0.326 e. The van der Waals surface area contributed by atoms with Gasteiger partial charge in [0.1, 0.15) is 18.1 Å². The SMILES string of the molecule is CC(C)CC(NC(=O)C(N)CCC(N)=O)C(=O)NC(C(=O)NC(Cc1ccccc1)C(=O)O)C(C)C. The lowest BCUT2D eigenvalue weighted by Crippen LogP contribution is -2.58. The summed E-state index contributed by atoms with van der Waals surface area (Å²) in [5.41, 5.74) is 11.7. The van der Waals surface area contributed by atoms with Crippen molar-refractivity contribution in [3.63, 3.8) is 0 Å². The van der Waals surface area contributed by atoms with E-state index >= 15 is 0 Å². The molecule has 1 rings (SSSR count). The predicted molar refractivity (Wildman–Crippen MR) is 134 cm³/mol. The maximum atomic E-state index is 13.1. The molecular formula is C25H39N5O6. The zero-order chi connectivity index (χ0) is 27.4. The van der Waals surface area contributed by atoms with Crippen molar-refractivity contribution in [2.24, 2.45) is 23.3 Å². The van der Waals surface area contributed by atoms with Gasteiger partial charge in [-0.25, -0.2) is 4.79 Å². The quantitative estimate of drug-likeness (QED) is 0.194. The fourth-order valence-electron chi connectivity index (χ4n) is 3.51. The van der Waals surface area contributed by atoms with Gasteiger partial charge in [-0.2, -0.15) is 0 Å². The molecule has 11 nitrogen and oxygen atoms in total. The fraction of sp³-hybridized carbons (Fsp3) is 0.560. The third kappa shape index (κ3) is 10.9. The monoisotopic (exact) mass is 505 g/mol. The van der Waals surface area contributed by atoms with Crippen LogP contribution in [-0.2, 0) is 30.4 Å². The molecule has 0 heterocycles. The average Bonchev–Trinajstić information content (AvgIpc) is 2.79. The number of carboxylic acid groups (broad SMARTS) is 1. The largest absolute Gasteiger partial charge is 0.480 e. The Morgan fingerprint density at radius 2 is 1.44 bits per heavy atom. The van der Waals surface area contributed by atoms with Crippen LogP contribution in [0.2, 0.25) is 0 Å². The van der Waals surface area contributed by atoms with Gasteiger partial charge in [0.25, 0.3) is 0 Å². The molecule has 4 amide bonds. The molecule has 0 aromatic heterocycles. The van der Waals surface area contributed by atoms with E-state index in [0.29, 0.717) is 0 Å². The fourth-order valence-corrected chi connectivity index (χ4v) is 3.51. The maximum Gasteiger partial charge on any atom is 0.326 e. The van der Waals surface area contributed by atoms with E-state index in [0.717, 1.165) is 5.56 Å². The molecular weight excluding hydrogens is 466 g/mol. The van der Waals surface area contributed by atoms with Gasteiger partial charge in [-0.1, -0.05) is 58.0 Å². The van der Waals surface area contributed by atoms with Crippen molar-refractivity contribution in [1.82, 2.24) is 16.0 Å². The lowest BCUT2D eigenvalue weighted by atomic mass is 9.98. The summed E-state index contributed by atoms with van der Waals surface area (Å²) < 4.78 is 0. The van der Waals surface area contributed by atoms with Gasteiger partial charge in [0.15, 0.2) is 0 Å². The number of rotatable bonds is 15. The van der Waals surface area contributed by atoms with Crippen molar-refractivity contribution in [2.75, 3.05) is 0 Å². The highest BCUT2D eigenvalue weighted by Crippen LogP contribution is 2.10. The van der Waals surface area contributed by atoms with Crippen molar-refractivity contribution in [1.29, 1.82) is 0 Å². The second-order valence-corrected chi connectivity index (χ2v) is 9.62. The number of nitrogens with one attached hydrogen (secondary N) is 3. The standard InChI is InChI=1S/C25H39N5O6/c1-14(2)12-18(28-22(32)17(26)10-11-20(27)31)23(33)30-21(15(3)4)24(34)29-19(25(35)36)13-16-8-6-5-7-9-16/h5-9,14-15,17-19,21H,10-13,26H2,1-4H3,(H2,27,31)(H,28,32)(H,29,34)(H,30,33)(H,35,36). The van der Waals surface area contributed by atoms with Crippen LogP contribution >= 0.6 is 0 Å². The number of nitrogens with two attached hydrogens (primary N) is 2. The number of carbonyl (C=O) groups excluding carboxylic acids is 4. The van der Waals surface area contributed by atoms with Gasteiger partial charge in [-0.3, -0.25) is 19.2 Å². The highest BCUT2D eigenvalue weighted by molar-refractivity contribution is 5.94. The molecule has 0 spiro atoms. The first kappa shape index (κ1) is 30.6. The van der Waals surface area contributed by atoms with Crippen LogP contribution < -0.4 is 27.4 Å². The summed E-state index contributed by atoms with van der Waals surface area (Å²) in [7, 11) is 0. The van der Waals surface area contributed by atoms with E-state index < -0.39 is 53.8 Å². The number of aliphatic carboxylic acids is 1. The first-order valence-electron chi connectivity index (χ1n) is 12.0. The van der Waals surface area contributed by atoms with Gasteiger partial charge in [0.2, 0.25) is 23.6 Å². The normalized spacial score (nSPS) is 14.4. The Balaban J connectivity index is 2.94. The number of hydrogen-bond donors (Lipinski definition) is 6. The molecule has 11 heteroatoms. The van der Waals surface area contributed by atoms with Crippen LogP contribution in [0.1, 0.15) is 52.5 Å². The molecule has 0 aliphatic heterocycles. The first-order chi connectivity index (χ1) is 16.8. The van der Waals surface area contributed by atoms with Gasteiger partial charge < -0.3 is 32.5 Å². The lowest BCUT2D eigenvalue weighted by molar-refractivity contribution is -0.142. The Bertz CT molecular complexity index is 905. The topological polar surface area (TPSA) is 194 Å². The van der Waals surface area contributed by atoms with Gasteiger partial charge in [-0.05, 0) is 30.2 Å². The van der Waals surface area contributed by atoms with E-state index in [1.807, 2.05) is 13.8 Å². The first-order valence-corrected chi connectivity index (χ1v) is 12.0. The number of carboxylic acids is 1. The third-order valence-electron chi connectivity index (χ3n) is 5.52. The van der Waals surface area contributed by atoms with E-state index in [-0.39, 0.29) is 37.5 Å². The summed E-state index contributed by atoms with van der Waals surface area (Å²) >= 11 is 0. The summed E-state index contributed by atoms with van der Waals surface area (Å²) in [5, 5.41) is 17.4. The molecule has 1 aromatic rings. The summed E-state index contributed by atoms with van der Waals surface area (Å²) in [6.45, 7) is 7.17. The summed E-state index contributed by atoms with van der Waals surface area (Å²) in [4.78, 5) is 61.3. The van der Waals surface area contributed by atoms with Crippen LogP contribution in [0.5, 0.6) is 0 Å². The molecule has 1 aromatic carbocycles. The van der Waals surface area contributed by atoms with Crippen molar-refractivity contribution in [3.8, 4) is 0 Å². The zero-order valence-corrected chi connectivity index (χ0v) is 21.3. The van der Waals surface area contributed by atoms with Crippen molar-refractivity contribution < 1.29 is 29.1 Å². The summed E-state index contributed by atoms with van der Waals surface area (Å²) in [5.74, 6) is -3.98. The number of carbonyl (C=O) groups is 5. The molecule has 0 radical (unpaired) electrons. The van der Waals surface area contributed by atoms with Gasteiger partial charge in [0, 0.05) is 12.8 Å². The van der Waals surface area contributed by atoms with E-state index in [1.165, 1.54) is 0 Å². The number of amides is 4. The Labute approximate surface area is 211 Å². The maximum absolute atomic E-state index is 13.1. The highest BCUT2D eigenvalue weighted by Gasteiger charge is 2.32. The van der Waals surface area contributed by atoms with Crippen LogP contribution in [0.25, 0.3) is 0 Å². The van der Waals surface area contributed by atoms with E-state index in [2.05, 4.69) is 16.0 Å². The Morgan fingerprint density at radius 3 is 1.94 bits per heavy atom. The van der Waals surface area contributed by atoms with Crippen molar-refractivity contribution >= 4 is 29.6 Å². The molecule has 4 unspecified atom stereocenters. The second-order valence-electron chi connectivity index (χ2n) is 9.62. The Kier molecular flexibility index (Phi) is 12.6. The van der Waals surface area contributed by atoms with Gasteiger partial charge in [-0.15, -0.1) is 0 Å². The Hall–Kier alpha value is -3.47. The van der Waals surface area contributed by atoms with Crippen LogP contribution in [0.15, 0.2) is 30.3 Å². The zero-order valence-electron chi connectivity index (χ0n) is 21.3. The van der Waals surface area contributed by atoms with E-state index in [9.17, 15) is 29.1 Å². The molecule has 0 aliphatic carbocycles. The molecule has 0 fully saturated rings. The van der Waals surface area contributed by atoms with Crippen molar-refractivity contribution in [2.45, 2.75) is 77.5 Å². The number of hydrogen-bond acceptors (Lipinski definition) is 6. The molecule has 4 atom stereocenters. The predicted octanol–water partition coefficient (Wildman–Crippen LogP) is 0.0630. The molecule has 0 saturated heterocycles. The third-order valence-corrected chi connectivity index (χ3v) is 5.52. The second kappa shape index (κ2) is 14.8. The minimum absolute atomic E-state index is 0.0245. The molecule has 200 valence electrons. The van der Waals surface area contributed by atoms with Crippen LogP contribution in [0.3, 0.4) is 0 Å². The summed E-state index contributed by atoms with van der Waals surface area (Å²) in [6, 6.07) is 4.64. The van der Waals surface area contributed by atoms with Gasteiger partial charge in [0.05, 0.1) is 6.04 Å². The molecule has 0 aliphatic rings. The highest BCUT2D eigenvalue weighted by atomic mass is 16.4. The van der Waals surface area contributed by atoms with Crippen LogP contribution in [0.4, 0.5) is 0 Å². The molecule has 8 N–H and O–H groups in total. The van der Waals surface area contributed by atoms with Crippen molar-refractivity contribution in [3.05, 3.63) is 35.9 Å². The van der Waals surface area contributed by atoms with Crippen LogP contribution in [0, 0.1) is 11.8 Å². The average molecular weight is 506 g/mol. The summed E-state index contributed by atoms with van der Waals surface area (Å²) in [6.07, 6.45) is 0.319. The lowest BCUT2D eigenvalue weighted by Gasteiger charge is -2.27. The van der Waals surface area contributed by atoms with E-state index in [4.69, 9.17) is 11.5 Å². The number of primary amides is 1. The Morgan fingerprint density at radius 1 is 0.861 bits per heavy atom. The van der Waals surface area contributed by atoms with E-state index in [1.54, 1.807) is 44.2 Å².